The molecular formula is C21H17NO2S. The zero-order valence-corrected chi connectivity index (χ0v) is 14.4. The highest BCUT2D eigenvalue weighted by Crippen LogP contribution is 2.39. The number of hydrogen-bond acceptors (Lipinski definition) is 4. The van der Waals surface area contributed by atoms with Crippen molar-refractivity contribution in [1.82, 2.24) is 0 Å². The predicted octanol–water partition coefficient (Wildman–Crippen LogP) is 4.98. The Kier molecular flexibility index (Phi) is 4.44. The highest BCUT2D eigenvalue weighted by molar-refractivity contribution is 7.99. The van der Waals surface area contributed by atoms with E-state index in [4.69, 9.17) is 4.74 Å². The first-order valence-corrected chi connectivity index (χ1v) is 9.12. The van der Waals surface area contributed by atoms with Crippen LogP contribution >= 0.6 is 11.8 Å². The molecule has 0 N–H and O–H groups in total. The maximum Gasteiger partial charge on any atom is 0.343 e. The minimum atomic E-state index is -0.329. The van der Waals surface area contributed by atoms with Gasteiger partial charge in [0.05, 0.1) is 17.1 Å². The lowest BCUT2D eigenvalue weighted by Crippen LogP contribution is -2.19. The summed E-state index contributed by atoms with van der Waals surface area (Å²) in [7, 11) is 0. The average Bonchev–Trinajstić information content (AvgIpc) is 3.07. The molecule has 0 saturated heterocycles. The number of carbonyl (C=O) groups is 1. The van der Waals surface area contributed by atoms with Gasteiger partial charge in [-0.3, -0.25) is 0 Å². The maximum atomic E-state index is 12.4. The summed E-state index contributed by atoms with van der Waals surface area (Å²) in [5.41, 5.74) is 2.79. The quantitative estimate of drug-likeness (QED) is 0.492. The van der Waals surface area contributed by atoms with E-state index in [2.05, 4.69) is 29.2 Å². The second-order valence-electron chi connectivity index (χ2n) is 5.80. The molecule has 0 aromatic heterocycles. The van der Waals surface area contributed by atoms with Gasteiger partial charge in [0, 0.05) is 17.0 Å². The SMILES string of the molecule is O=C(Oc1ccccc1CN1CSc2ccccc21)c1ccccc1. The second kappa shape index (κ2) is 7.03. The van der Waals surface area contributed by atoms with Crippen molar-refractivity contribution in [3.05, 3.63) is 90.0 Å². The van der Waals surface area contributed by atoms with Gasteiger partial charge < -0.3 is 9.64 Å². The summed E-state index contributed by atoms with van der Waals surface area (Å²) in [5, 5.41) is 0. The number of thioether (sulfide) groups is 1. The molecule has 4 heteroatoms. The van der Waals surface area contributed by atoms with Gasteiger partial charge in [0.1, 0.15) is 5.75 Å². The Bertz CT molecular complexity index is 895. The van der Waals surface area contributed by atoms with Crippen LogP contribution in [0.2, 0.25) is 0 Å². The minimum absolute atomic E-state index is 0.329. The highest BCUT2D eigenvalue weighted by Gasteiger charge is 2.21. The molecular weight excluding hydrogens is 330 g/mol. The Morgan fingerprint density at radius 3 is 2.52 bits per heavy atom. The largest absolute Gasteiger partial charge is 0.423 e. The molecule has 3 aromatic carbocycles. The molecule has 1 aliphatic heterocycles. The van der Waals surface area contributed by atoms with Crippen molar-refractivity contribution in [1.29, 1.82) is 0 Å². The Morgan fingerprint density at radius 1 is 0.920 bits per heavy atom. The topological polar surface area (TPSA) is 29.5 Å². The normalized spacial score (nSPS) is 12.7. The van der Waals surface area contributed by atoms with Crippen LogP contribution in [0.15, 0.2) is 83.8 Å². The zero-order valence-electron chi connectivity index (χ0n) is 13.6. The van der Waals surface area contributed by atoms with Crippen LogP contribution in [0.5, 0.6) is 5.75 Å². The molecule has 0 spiro atoms. The molecule has 3 aromatic rings. The smallest absolute Gasteiger partial charge is 0.343 e. The molecule has 3 nitrogen and oxygen atoms in total. The van der Waals surface area contributed by atoms with Gasteiger partial charge in [-0.2, -0.15) is 0 Å². The van der Waals surface area contributed by atoms with E-state index in [0.29, 0.717) is 17.9 Å². The fourth-order valence-electron chi connectivity index (χ4n) is 2.86. The van der Waals surface area contributed by atoms with Gasteiger partial charge in [-0.05, 0) is 30.3 Å². The van der Waals surface area contributed by atoms with Crippen LogP contribution in [0.4, 0.5) is 5.69 Å². The first kappa shape index (κ1) is 15.8. The number of benzene rings is 3. The van der Waals surface area contributed by atoms with E-state index in [1.807, 2.05) is 54.2 Å². The van der Waals surface area contributed by atoms with Crippen molar-refractivity contribution < 1.29 is 9.53 Å². The summed E-state index contributed by atoms with van der Waals surface area (Å²) >= 11 is 1.83. The molecule has 124 valence electrons. The number of rotatable bonds is 4. The zero-order chi connectivity index (χ0) is 17.1. The molecule has 25 heavy (non-hydrogen) atoms. The predicted molar refractivity (Wildman–Crippen MR) is 101 cm³/mol. The highest BCUT2D eigenvalue weighted by atomic mass is 32.2. The third-order valence-corrected chi connectivity index (χ3v) is 5.22. The Morgan fingerprint density at radius 2 is 1.64 bits per heavy atom. The van der Waals surface area contributed by atoms with Gasteiger partial charge in [0.15, 0.2) is 0 Å². The van der Waals surface area contributed by atoms with Crippen molar-refractivity contribution >= 4 is 23.4 Å². The van der Waals surface area contributed by atoms with E-state index in [1.165, 1.54) is 10.6 Å². The number of fused-ring (bicyclic) bond motifs is 1. The fraction of sp³-hybridized carbons (Fsp3) is 0.0952. The van der Waals surface area contributed by atoms with Crippen molar-refractivity contribution in [2.45, 2.75) is 11.4 Å². The summed E-state index contributed by atoms with van der Waals surface area (Å²) in [6.45, 7) is 0.711. The van der Waals surface area contributed by atoms with E-state index in [0.717, 1.165) is 11.4 Å². The average molecular weight is 347 g/mol. The molecule has 0 atom stereocenters. The van der Waals surface area contributed by atoms with Gasteiger partial charge in [-0.1, -0.05) is 48.5 Å². The van der Waals surface area contributed by atoms with Crippen molar-refractivity contribution in [2.75, 3.05) is 10.8 Å². The number of anilines is 1. The molecule has 1 heterocycles. The lowest BCUT2D eigenvalue weighted by Gasteiger charge is -2.20. The Balaban J connectivity index is 1.55. The van der Waals surface area contributed by atoms with Gasteiger partial charge >= 0.3 is 5.97 Å². The third-order valence-electron chi connectivity index (χ3n) is 4.13. The standard InChI is InChI=1S/C21H17NO2S/c23-21(16-8-2-1-3-9-16)24-19-12-6-4-10-17(19)14-22-15-25-20-13-7-5-11-18(20)22/h1-13H,14-15H2. The summed E-state index contributed by atoms with van der Waals surface area (Å²) in [6.07, 6.45) is 0. The minimum Gasteiger partial charge on any atom is -0.423 e. The van der Waals surface area contributed by atoms with Gasteiger partial charge in [-0.25, -0.2) is 4.79 Å². The number of esters is 1. The summed E-state index contributed by atoms with van der Waals surface area (Å²) < 4.78 is 5.66. The second-order valence-corrected chi connectivity index (χ2v) is 6.79. The van der Waals surface area contributed by atoms with Gasteiger partial charge in [0.25, 0.3) is 0 Å². The lowest BCUT2D eigenvalue weighted by atomic mass is 10.1. The molecule has 0 radical (unpaired) electrons. The molecule has 0 bridgehead atoms. The number of nitrogens with zero attached hydrogens (tertiary/aromatic N) is 1. The fourth-order valence-corrected chi connectivity index (χ4v) is 3.91. The third kappa shape index (κ3) is 3.39. The van der Waals surface area contributed by atoms with Crippen LogP contribution in [0, 0.1) is 0 Å². The number of ether oxygens (including phenoxy) is 1. The maximum absolute atomic E-state index is 12.4. The number of hydrogen-bond donors (Lipinski definition) is 0. The number of carbonyl (C=O) groups excluding carboxylic acids is 1. The lowest BCUT2D eigenvalue weighted by molar-refractivity contribution is 0.0733. The van der Waals surface area contributed by atoms with Gasteiger partial charge in [0.2, 0.25) is 0 Å². The van der Waals surface area contributed by atoms with Crippen LogP contribution < -0.4 is 9.64 Å². The molecule has 0 saturated carbocycles. The van der Waals surface area contributed by atoms with Crippen molar-refractivity contribution in [2.24, 2.45) is 0 Å². The molecule has 0 unspecified atom stereocenters. The van der Waals surface area contributed by atoms with E-state index < -0.39 is 0 Å². The molecule has 0 aliphatic carbocycles. The molecule has 0 amide bonds. The Labute approximate surface area is 151 Å². The van der Waals surface area contributed by atoms with Crippen molar-refractivity contribution in [3.8, 4) is 5.75 Å². The van der Waals surface area contributed by atoms with Crippen LogP contribution in [0.25, 0.3) is 0 Å². The van der Waals surface area contributed by atoms with Crippen LogP contribution in [-0.2, 0) is 6.54 Å². The Hall–Kier alpha value is -2.72. The van der Waals surface area contributed by atoms with E-state index in [1.54, 1.807) is 12.1 Å². The van der Waals surface area contributed by atoms with E-state index in [-0.39, 0.29) is 5.97 Å². The van der Waals surface area contributed by atoms with Crippen LogP contribution in [-0.4, -0.2) is 11.8 Å². The van der Waals surface area contributed by atoms with Crippen LogP contribution in [0.1, 0.15) is 15.9 Å². The summed E-state index contributed by atoms with van der Waals surface area (Å²) in [6, 6.07) is 25.2. The molecule has 4 rings (SSSR count). The summed E-state index contributed by atoms with van der Waals surface area (Å²) in [4.78, 5) is 16.0. The van der Waals surface area contributed by atoms with Gasteiger partial charge in [-0.15, -0.1) is 11.8 Å². The monoisotopic (exact) mass is 347 g/mol. The molecule has 0 fully saturated rings. The van der Waals surface area contributed by atoms with Crippen LogP contribution in [0.3, 0.4) is 0 Å². The summed E-state index contributed by atoms with van der Waals surface area (Å²) in [5.74, 6) is 1.19. The van der Waals surface area contributed by atoms with E-state index in [9.17, 15) is 4.79 Å². The first-order chi connectivity index (χ1) is 12.3. The first-order valence-electron chi connectivity index (χ1n) is 8.13. The number of para-hydroxylation sites is 2. The van der Waals surface area contributed by atoms with Crippen molar-refractivity contribution in [3.63, 3.8) is 0 Å². The molecule has 1 aliphatic rings. The van der Waals surface area contributed by atoms with E-state index >= 15 is 0 Å².